The molecule has 2 heterocycles. The summed E-state index contributed by atoms with van der Waals surface area (Å²) in [5.74, 6) is 0.0737. The van der Waals surface area contributed by atoms with Crippen LogP contribution < -0.4 is 5.32 Å². The van der Waals surface area contributed by atoms with Crippen molar-refractivity contribution in [2.75, 3.05) is 33.4 Å². The predicted octanol–water partition coefficient (Wildman–Crippen LogP) is 4.49. The molecule has 1 aromatic rings. The molecule has 2 N–H and O–H groups in total. The minimum absolute atomic E-state index is 0.0264. The van der Waals surface area contributed by atoms with Gasteiger partial charge in [-0.15, -0.1) is 0 Å². The largest absolute Gasteiger partial charge is 0.416 e. The van der Waals surface area contributed by atoms with Crippen molar-refractivity contribution in [3.8, 4) is 0 Å². The SMILES string of the molecule is CCC.COC1COCCC1NC1CCC(C(=O)N2CCC(O)(c3ccc(C(F)(F)F)cc3)CC2)C1. The second-order valence-corrected chi connectivity index (χ2v) is 10.3. The number of piperidine rings is 1. The van der Waals surface area contributed by atoms with Gasteiger partial charge in [0, 0.05) is 44.8 Å². The number of carbonyl (C=O) groups excluding carboxylic acids is 1. The molecule has 4 rings (SSSR count). The number of benzene rings is 1. The van der Waals surface area contributed by atoms with E-state index in [0.717, 1.165) is 37.8 Å². The zero-order valence-corrected chi connectivity index (χ0v) is 21.7. The number of rotatable bonds is 5. The van der Waals surface area contributed by atoms with Gasteiger partial charge in [-0.05, 0) is 56.2 Å². The van der Waals surface area contributed by atoms with E-state index in [1.54, 1.807) is 12.0 Å². The monoisotopic (exact) mass is 514 g/mol. The van der Waals surface area contributed by atoms with Crippen LogP contribution in [0, 0.1) is 5.92 Å². The number of nitrogens with one attached hydrogen (secondary N) is 1. The van der Waals surface area contributed by atoms with Crippen molar-refractivity contribution in [3.05, 3.63) is 35.4 Å². The number of hydrogen-bond acceptors (Lipinski definition) is 5. The van der Waals surface area contributed by atoms with Crippen LogP contribution in [0.3, 0.4) is 0 Å². The summed E-state index contributed by atoms with van der Waals surface area (Å²) in [6.45, 7) is 6.34. The van der Waals surface area contributed by atoms with E-state index >= 15 is 0 Å². The molecule has 0 bridgehead atoms. The molecule has 204 valence electrons. The first-order valence-corrected chi connectivity index (χ1v) is 13.2. The van der Waals surface area contributed by atoms with Crippen molar-refractivity contribution >= 4 is 5.91 Å². The topological polar surface area (TPSA) is 71.0 Å². The number of nitrogens with zero attached hydrogens (tertiary/aromatic N) is 1. The molecular formula is C27H41F3N2O4. The molecule has 2 aliphatic heterocycles. The molecule has 0 radical (unpaired) electrons. The molecule has 6 nitrogen and oxygen atoms in total. The highest BCUT2D eigenvalue weighted by atomic mass is 19.4. The quantitative estimate of drug-likeness (QED) is 0.606. The highest BCUT2D eigenvalue weighted by Gasteiger charge is 2.40. The molecule has 9 heteroatoms. The molecule has 4 atom stereocenters. The molecule has 2 saturated heterocycles. The van der Waals surface area contributed by atoms with Crippen molar-refractivity contribution in [2.24, 2.45) is 5.92 Å². The number of carbonyl (C=O) groups is 1. The Kier molecular flexibility index (Phi) is 10.2. The van der Waals surface area contributed by atoms with E-state index in [1.165, 1.54) is 18.6 Å². The van der Waals surface area contributed by atoms with E-state index in [4.69, 9.17) is 9.47 Å². The molecule has 3 fully saturated rings. The molecular weight excluding hydrogens is 473 g/mol. The number of amides is 1. The average molecular weight is 515 g/mol. The van der Waals surface area contributed by atoms with Crippen LogP contribution in [0.4, 0.5) is 13.2 Å². The van der Waals surface area contributed by atoms with Gasteiger partial charge < -0.3 is 24.8 Å². The van der Waals surface area contributed by atoms with Crippen LogP contribution in [0.1, 0.15) is 69.9 Å². The predicted molar refractivity (Wildman–Crippen MR) is 131 cm³/mol. The Morgan fingerprint density at radius 3 is 2.39 bits per heavy atom. The zero-order valence-electron chi connectivity index (χ0n) is 21.7. The second-order valence-electron chi connectivity index (χ2n) is 10.3. The lowest BCUT2D eigenvalue weighted by molar-refractivity contribution is -0.140. The van der Waals surface area contributed by atoms with E-state index < -0.39 is 17.3 Å². The van der Waals surface area contributed by atoms with Gasteiger partial charge >= 0.3 is 6.18 Å². The van der Waals surface area contributed by atoms with Gasteiger partial charge in [-0.3, -0.25) is 4.79 Å². The highest BCUT2D eigenvalue weighted by Crippen LogP contribution is 2.37. The Balaban J connectivity index is 0.00000115. The van der Waals surface area contributed by atoms with E-state index in [0.29, 0.717) is 44.7 Å². The molecule has 0 aromatic heterocycles. The molecule has 1 aliphatic carbocycles. The summed E-state index contributed by atoms with van der Waals surface area (Å²) in [5, 5.41) is 14.7. The lowest BCUT2D eigenvalue weighted by Gasteiger charge is -2.39. The minimum atomic E-state index is -4.40. The minimum Gasteiger partial charge on any atom is -0.385 e. The lowest BCUT2D eigenvalue weighted by atomic mass is 9.83. The fraction of sp³-hybridized carbons (Fsp3) is 0.741. The Bertz CT molecular complexity index is 825. The summed E-state index contributed by atoms with van der Waals surface area (Å²) < 4.78 is 49.5. The summed E-state index contributed by atoms with van der Waals surface area (Å²) in [7, 11) is 1.69. The first-order chi connectivity index (χ1) is 17.1. The fourth-order valence-corrected chi connectivity index (χ4v) is 5.41. The standard InChI is InChI=1S/C24H33F3N2O4.C3H8/c1-32-21-15-33-13-8-20(21)28-19-7-2-16(14-19)22(30)29-11-9-23(31,10-12-29)17-3-5-18(6-4-17)24(25,26)27;1-3-2/h3-6,16,19-21,28,31H,2,7-15H2,1H3;3H2,1-2H3. The third-order valence-corrected chi connectivity index (χ3v) is 7.49. The van der Waals surface area contributed by atoms with Crippen molar-refractivity contribution in [1.82, 2.24) is 10.2 Å². The second kappa shape index (κ2) is 12.7. The van der Waals surface area contributed by atoms with Crippen LogP contribution in [-0.2, 0) is 26.0 Å². The molecule has 36 heavy (non-hydrogen) atoms. The van der Waals surface area contributed by atoms with Crippen LogP contribution >= 0.6 is 0 Å². The van der Waals surface area contributed by atoms with Gasteiger partial charge in [-0.25, -0.2) is 0 Å². The van der Waals surface area contributed by atoms with Gasteiger partial charge in [0.1, 0.15) is 0 Å². The molecule has 1 saturated carbocycles. The number of halogens is 3. The van der Waals surface area contributed by atoms with Gasteiger partial charge in [0.15, 0.2) is 0 Å². The van der Waals surface area contributed by atoms with Crippen LogP contribution in [0.2, 0.25) is 0 Å². The van der Waals surface area contributed by atoms with Crippen molar-refractivity contribution < 1.29 is 32.5 Å². The highest BCUT2D eigenvalue weighted by molar-refractivity contribution is 5.79. The molecule has 3 aliphatic rings. The normalized spacial score (nSPS) is 28.4. The summed E-state index contributed by atoms with van der Waals surface area (Å²) in [6.07, 6.45) is 0.948. The van der Waals surface area contributed by atoms with Crippen molar-refractivity contribution in [2.45, 2.75) is 88.8 Å². The number of ether oxygens (including phenoxy) is 2. The Morgan fingerprint density at radius 2 is 1.81 bits per heavy atom. The van der Waals surface area contributed by atoms with Crippen LogP contribution in [0.15, 0.2) is 24.3 Å². The van der Waals surface area contributed by atoms with Crippen LogP contribution in [0.5, 0.6) is 0 Å². The summed E-state index contributed by atoms with van der Waals surface area (Å²) in [5.41, 5.74) is -1.47. The first-order valence-electron chi connectivity index (χ1n) is 13.2. The number of likely N-dealkylation sites (tertiary alicyclic amines) is 1. The van der Waals surface area contributed by atoms with Gasteiger partial charge in [0.25, 0.3) is 0 Å². The Labute approximate surface area is 212 Å². The Hall–Kier alpha value is -1.68. The van der Waals surface area contributed by atoms with Gasteiger partial charge in [-0.1, -0.05) is 32.4 Å². The number of hydrogen-bond donors (Lipinski definition) is 2. The van der Waals surface area contributed by atoms with E-state index in [2.05, 4.69) is 19.2 Å². The first kappa shape index (κ1) is 28.9. The third-order valence-electron chi connectivity index (χ3n) is 7.49. The van der Waals surface area contributed by atoms with Crippen molar-refractivity contribution in [3.63, 3.8) is 0 Å². The van der Waals surface area contributed by atoms with Gasteiger partial charge in [0.2, 0.25) is 5.91 Å². The molecule has 0 spiro atoms. The Morgan fingerprint density at radius 1 is 1.17 bits per heavy atom. The maximum Gasteiger partial charge on any atom is 0.416 e. The van der Waals surface area contributed by atoms with Gasteiger partial charge in [0.05, 0.1) is 23.9 Å². The maximum absolute atomic E-state index is 13.1. The number of methoxy groups -OCH3 is 1. The van der Waals surface area contributed by atoms with E-state index in [9.17, 15) is 23.1 Å². The lowest BCUT2D eigenvalue weighted by Crippen LogP contribution is -2.50. The smallest absolute Gasteiger partial charge is 0.385 e. The zero-order chi connectivity index (χ0) is 26.3. The maximum atomic E-state index is 13.1. The van der Waals surface area contributed by atoms with Crippen LogP contribution in [0.25, 0.3) is 0 Å². The summed E-state index contributed by atoms with van der Waals surface area (Å²) >= 11 is 0. The van der Waals surface area contributed by atoms with E-state index in [-0.39, 0.29) is 30.0 Å². The number of aliphatic hydroxyl groups is 1. The van der Waals surface area contributed by atoms with Gasteiger partial charge in [-0.2, -0.15) is 13.2 Å². The summed E-state index contributed by atoms with van der Waals surface area (Å²) in [4.78, 5) is 14.9. The van der Waals surface area contributed by atoms with Crippen molar-refractivity contribution in [1.29, 1.82) is 0 Å². The molecule has 1 amide bonds. The molecule has 4 unspecified atom stereocenters. The molecule has 1 aromatic carbocycles. The average Bonchev–Trinajstić information content (AvgIpc) is 3.33. The third kappa shape index (κ3) is 7.21. The summed E-state index contributed by atoms with van der Waals surface area (Å²) in [6, 6.07) is 5.20. The van der Waals surface area contributed by atoms with E-state index in [1.807, 2.05) is 0 Å². The van der Waals surface area contributed by atoms with Crippen LogP contribution in [-0.4, -0.2) is 67.5 Å². The number of alkyl halides is 3. The fourth-order valence-electron chi connectivity index (χ4n) is 5.41.